The maximum Gasteiger partial charge on any atom is 0.323 e. The van der Waals surface area contributed by atoms with Crippen LogP contribution in [-0.2, 0) is 14.3 Å². The van der Waals surface area contributed by atoms with E-state index in [1.165, 1.54) is 7.11 Å². The van der Waals surface area contributed by atoms with Crippen LogP contribution in [-0.4, -0.2) is 61.8 Å². The van der Waals surface area contributed by atoms with Crippen LogP contribution in [0.4, 0.5) is 0 Å². The zero-order chi connectivity index (χ0) is 12.4. The summed E-state index contributed by atoms with van der Waals surface area (Å²) in [7, 11) is 1.53. The summed E-state index contributed by atoms with van der Waals surface area (Å²) in [6.45, 7) is 3.03. The first kappa shape index (κ1) is 15.3. The van der Waals surface area contributed by atoms with Gasteiger partial charge in [-0.05, 0) is 13.3 Å². The number of rotatable bonds is 10. The van der Waals surface area contributed by atoms with Crippen LogP contribution in [0.5, 0.6) is 0 Å². The number of aliphatic carboxylic acids is 1. The van der Waals surface area contributed by atoms with Gasteiger partial charge in [0.25, 0.3) is 0 Å². The number of methoxy groups -OCH3 is 1. The molecule has 0 fully saturated rings. The molecule has 0 aromatic rings. The maximum absolute atomic E-state index is 11.0. The van der Waals surface area contributed by atoms with E-state index in [0.29, 0.717) is 26.2 Å². The van der Waals surface area contributed by atoms with Crippen molar-refractivity contribution in [2.75, 3.05) is 40.1 Å². The van der Waals surface area contributed by atoms with Crippen LogP contribution in [0, 0.1) is 0 Å². The first-order chi connectivity index (χ1) is 7.56. The van der Waals surface area contributed by atoms with Gasteiger partial charge in [0.1, 0.15) is 5.54 Å². The van der Waals surface area contributed by atoms with E-state index in [1.807, 2.05) is 0 Å². The molecule has 0 saturated heterocycles. The number of ether oxygens (including phenoxy) is 2. The quantitative estimate of drug-likeness (QED) is 0.441. The van der Waals surface area contributed by atoms with E-state index in [2.05, 4.69) is 5.32 Å². The molecule has 0 bridgehead atoms. The summed E-state index contributed by atoms with van der Waals surface area (Å²) in [6.07, 6.45) is 0.388. The maximum atomic E-state index is 11.0. The van der Waals surface area contributed by atoms with Gasteiger partial charge in [-0.3, -0.25) is 10.1 Å². The third kappa shape index (κ3) is 6.02. The molecule has 3 N–H and O–H groups in total. The number of aliphatic hydroxyl groups excluding tert-OH is 1. The molecule has 0 rings (SSSR count). The highest BCUT2D eigenvalue weighted by Crippen LogP contribution is 2.09. The Morgan fingerprint density at radius 2 is 2.06 bits per heavy atom. The first-order valence-electron chi connectivity index (χ1n) is 5.23. The molecule has 96 valence electrons. The molecule has 0 aromatic carbocycles. The summed E-state index contributed by atoms with van der Waals surface area (Å²) in [5.74, 6) is -0.910. The lowest BCUT2D eigenvalue weighted by Crippen LogP contribution is -2.51. The van der Waals surface area contributed by atoms with E-state index in [4.69, 9.17) is 19.7 Å². The Morgan fingerprint density at radius 1 is 1.38 bits per heavy atom. The van der Waals surface area contributed by atoms with Gasteiger partial charge in [0, 0.05) is 20.3 Å². The van der Waals surface area contributed by atoms with Crippen LogP contribution in [0.3, 0.4) is 0 Å². The number of hydrogen-bond acceptors (Lipinski definition) is 5. The molecule has 1 unspecified atom stereocenters. The lowest BCUT2D eigenvalue weighted by atomic mass is 9.98. The van der Waals surface area contributed by atoms with Crippen molar-refractivity contribution in [3.8, 4) is 0 Å². The van der Waals surface area contributed by atoms with Crippen molar-refractivity contribution in [1.82, 2.24) is 5.32 Å². The molecule has 0 aliphatic heterocycles. The third-order valence-corrected chi connectivity index (χ3v) is 2.28. The van der Waals surface area contributed by atoms with Crippen molar-refractivity contribution in [3.63, 3.8) is 0 Å². The molecular weight excluding hydrogens is 214 g/mol. The second kappa shape index (κ2) is 8.46. The Hall–Kier alpha value is -0.690. The molecule has 0 aromatic heterocycles. The van der Waals surface area contributed by atoms with Crippen LogP contribution in [0.25, 0.3) is 0 Å². The molecule has 0 heterocycles. The average Bonchev–Trinajstić information content (AvgIpc) is 2.26. The SMILES string of the molecule is COCCC(C)(NCCOCCO)C(=O)O. The molecule has 1 atom stereocenters. The van der Waals surface area contributed by atoms with Crippen molar-refractivity contribution in [2.24, 2.45) is 0 Å². The predicted octanol–water partition coefficient (Wildman–Crippen LogP) is -0.535. The van der Waals surface area contributed by atoms with E-state index in [9.17, 15) is 4.79 Å². The second-order valence-electron chi connectivity index (χ2n) is 3.64. The molecule has 0 aliphatic rings. The van der Waals surface area contributed by atoms with Crippen LogP contribution in [0.2, 0.25) is 0 Å². The van der Waals surface area contributed by atoms with Crippen LogP contribution in [0.15, 0.2) is 0 Å². The second-order valence-corrected chi connectivity index (χ2v) is 3.64. The zero-order valence-corrected chi connectivity index (χ0v) is 9.86. The van der Waals surface area contributed by atoms with E-state index >= 15 is 0 Å². The fourth-order valence-corrected chi connectivity index (χ4v) is 1.14. The first-order valence-corrected chi connectivity index (χ1v) is 5.23. The summed E-state index contributed by atoms with van der Waals surface area (Å²) < 4.78 is 9.89. The highest BCUT2D eigenvalue weighted by molar-refractivity contribution is 5.78. The fourth-order valence-electron chi connectivity index (χ4n) is 1.14. The predicted molar refractivity (Wildman–Crippen MR) is 58.4 cm³/mol. The molecule has 6 heteroatoms. The Bertz CT molecular complexity index is 200. The van der Waals surface area contributed by atoms with Crippen LogP contribution in [0.1, 0.15) is 13.3 Å². The number of aliphatic hydroxyl groups is 1. The topological polar surface area (TPSA) is 88.0 Å². The van der Waals surface area contributed by atoms with Crippen molar-refractivity contribution < 1.29 is 24.5 Å². The number of carboxylic acid groups (broad SMARTS) is 1. The Labute approximate surface area is 95.6 Å². The molecule has 0 spiro atoms. The lowest BCUT2D eigenvalue weighted by molar-refractivity contribution is -0.145. The van der Waals surface area contributed by atoms with Gasteiger partial charge in [-0.1, -0.05) is 0 Å². The van der Waals surface area contributed by atoms with Gasteiger partial charge < -0.3 is 19.7 Å². The number of carboxylic acids is 1. The normalized spacial score (nSPS) is 14.7. The lowest BCUT2D eigenvalue weighted by Gasteiger charge is -2.25. The molecule has 6 nitrogen and oxygen atoms in total. The Kier molecular flexibility index (Phi) is 8.10. The summed E-state index contributed by atoms with van der Waals surface area (Å²) in [5, 5.41) is 20.4. The molecule has 0 saturated carbocycles. The van der Waals surface area contributed by atoms with Crippen LogP contribution >= 0.6 is 0 Å². The van der Waals surface area contributed by atoms with Gasteiger partial charge in [0.05, 0.1) is 19.8 Å². The largest absolute Gasteiger partial charge is 0.480 e. The Balaban J connectivity index is 3.88. The molecular formula is C10H21NO5. The minimum absolute atomic E-state index is 0.0279. The minimum atomic E-state index is -1.00. The zero-order valence-electron chi connectivity index (χ0n) is 9.86. The summed E-state index contributed by atoms with van der Waals surface area (Å²) in [6, 6.07) is 0. The van der Waals surface area contributed by atoms with Gasteiger partial charge in [-0.25, -0.2) is 0 Å². The molecule has 16 heavy (non-hydrogen) atoms. The monoisotopic (exact) mass is 235 g/mol. The average molecular weight is 235 g/mol. The summed E-state index contributed by atoms with van der Waals surface area (Å²) in [5.41, 5.74) is -1.00. The molecule has 0 aliphatic carbocycles. The number of hydrogen-bond donors (Lipinski definition) is 3. The third-order valence-electron chi connectivity index (χ3n) is 2.28. The van der Waals surface area contributed by atoms with Gasteiger partial charge in [0.15, 0.2) is 0 Å². The smallest absolute Gasteiger partial charge is 0.323 e. The molecule has 0 radical (unpaired) electrons. The number of nitrogens with one attached hydrogen (secondary N) is 1. The van der Waals surface area contributed by atoms with Gasteiger partial charge in [-0.15, -0.1) is 0 Å². The van der Waals surface area contributed by atoms with Crippen molar-refractivity contribution in [3.05, 3.63) is 0 Å². The summed E-state index contributed by atoms with van der Waals surface area (Å²) in [4.78, 5) is 11.0. The Morgan fingerprint density at radius 3 is 2.56 bits per heavy atom. The highest BCUT2D eigenvalue weighted by atomic mass is 16.5. The van der Waals surface area contributed by atoms with Gasteiger partial charge in [-0.2, -0.15) is 0 Å². The van der Waals surface area contributed by atoms with E-state index < -0.39 is 11.5 Å². The van der Waals surface area contributed by atoms with Crippen molar-refractivity contribution in [2.45, 2.75) is 18.9 Å². The standard InChI is InChI=1S/C10H21NO5/c1-10(9(13)14,3-6-15-2)11-4-7-16-8-5-12/h11-12H,3-8H2,1-2H3,(H,13,14). The van der Waals surface area contributed by atoms with Gasteiger partial charge in [0.2, 0.25) is 0 Å². The summed E-state index contributed by atoms with van der Waals surface area (Å²) >= 11 is 0. The minimum Gasteiger partial charge on any atom is -0.480 e. The molecule has 0 amide bonds. The van der Waals surface area contributed by atoms with E-state index in [0.717, 1.165) is 0 Å². The van der Waals surface area contributed by atoms with Crippen LogP contribution < -0.4 is 5.32 Å². The highest BCUT2D eigenvalue weighted by Gasteiger charge is 2.31. The number of carbonyl (C=O) groups is 1. The fraction of sp³-hybridized carbons (Fsp3) is 0.900. The van der Waals surface area contributed by atoms with E-state index in [1.54, 1.807) is 6.92 Å². The van der Waals surface area contributed by atoms with Crippen molar-refractivity contribution in [1.29, 1.82) is 0 Å². The van der Waals surface area contributed by atoms with Crippen molar-refractivity contribution >= 4 is 5.97 Å². The van der Waals surface area contributed by atoms with E-state index in [-0.39, 0.29) is 13.2 Å². The van der Waals surface area contributed by atoms with Gasteiger partial charge >= 0.3 is 5.97 Å².